The van der Waals surface area contributed by atoms with Crippen LogP contribution in [0.2, 0.25) is 0 Å². The summed E-state index contributed by atoms with van der Waals surface area (Å²) in [7, 11) is 0. The van der Waals surface area contributed by atoms with Crippen molar-refractivity contribution < 1.29 is 14.8 Å². The van der Waals surface area contributed by atoms with Gasteiger partial charge in [-0.1, -0.05) is 0 Å². The molecule has 0 atom stereocenters. The fraction of sp³-hybridized carbons (Fsp3) is 0.500. The first-order valence-electron chi connectivity index (χ1n) is 7.09. The molecule has 0 radical (unpaired) electrons. The Labute approximate surface area is 121 Å². The number of fused-ring (bicyclic) bond motifs is 1. The third-order valence-electron chi connectivity index (χ3n) is 4.19. The molecule has 0 aromatic heterocycles. The summed E-state index contributed by atoms with van der Waals surface area (Å²) in [4.78, 5) is 24.3. The number of nitrogens with one attached hydrogen (secondary N) is 1. The van der Waals surface area contributed by atoms with E-state index in [-0.39, 0.29) is 30.7 Å². The van der Waals surface area contributed by atoms with Crippen molar-refractivity contribution in [1.29, 1.82) is 0 Å². The summed E-state index contributed by atoms with van der Waals surface area (Å²) in [5, 5.41) is 23.3. The van der Waals surface area contributed by atoms with Crippen LogP contribution in [0.1, 0.15) is 24.8 Å². The largest absolute Gasteiger partial charge is 0.395 e. The molecule has 7 heteroatoms. The molecule has 1 aliphatic carbocycles. The van der Waals surface area contributed by atoms with Crippen LogP contribution < -0.4 is 10.2 Å². The third-order valence-corrected chi connectivity index (χ3v) is 4.19. The highest BCUT2D eigenvalue weighted by Crippen LogP contribution is 2.40. The standard InChI is InChI=1S/C14H17N3O4/c18-5-4-16(10-2-1-3-10)12-8-11-9(7-14(19)15-11)6-13(12)17(20)21/h6,8,10,18H,1-5,7H2,(H,15,19). The maximum absolute atomic E-state index is 11.5. The summed E-state index contributed by atoms with van der Waals surface area (Å²) in [6.07, 6.45) is 3.23. The number of aliphatic hydroxyl groups is 1. The molecule has 1 amide bonds. The van der Waals surface area contributed by atoms with E-state index in [1.165, 1.54) is 6.07 Å². The van der Waals surface area contributed by atoms with Gasteiger partial charge in [-0.25, -0.2) is 0 Å². The van der Waals surface area contributed by atoms with Gasteiger partial charge in [0.25, 0.3) is 5.69 Å². The van der Waals surface area contributed by atoms with Crippen LogP contribution in [0.25, 0.3) is 0 Å². The van der Waals surface area contributed by atoms with Gasteiger partial charge in [0.1, 0.15) is 5.69 Å². The summed E-state index contributed by atoms with van der Waals surface area (Å²) >= 11 is 0. The number of hydrogen-bond acceptors (Lipinski definition) is 5. The second-order valence-electron chi connectivity index (χ2n) is 5.48. The minimum Gasteiger partial charge on any atom is -0.395 e. The van der Waals surface area contributed by atoms with E-state index in [0.29, 0.717) is 23.5 Å². The molecule has 1 aromatic rings. The fourth-order valence-corrected chi connectivity index (χ4v) is 2.93. The van der Waals surface area contributed by atoms with E-state index in [1.54, 1.807) is 6.07 Å². The number of nitro benzene ring substituents is 1. The molecule has 21 heavy (non-hydrogen) atoms. The Balaban J connectivity index is 2.04. The fourth-order valence-electron chi connectivity index (χ4n) is 2.93. The molecule has 1 saturated carbocycles. The molecular formula is C14H17N3O4. The normalized spacial score (nSPS) is 17.1. The van der Waals surface area contributed by atoms with Gasteiger partial charge >= 0.3 is 0 Å². The number of rotatable bonds is 5. The Bertz CT molecular complexity index is 598. The lowest BCUT2D eigenvalue weighted by molar-refractivity contribution is -0.384. The highest BCUT2D eigenvalue weighted by atomic mass is 16.6. The van der Waals surface area contributed by atoms with E-state index in [9.17, 15) is 20.0 Å². The third kappa shape index (κ3) is 2.44. The number of nitrogens with zero attached hydrogens (tertiary/aromatic N) is 2. The monoisotopic (exact) mass is 291 g/mol. The van der Waals surface area contributed by atoms with Crippen LogP contribution >= 0.6 is 0 Å². The van der Waals surface area contributed by atoms with Crippen molar-refractivity contribution in [3.05, 3.63) is 27.8 Å². The Morgan fingerprint density at radius 2 is 2.19 bits per heavy atom. The van der Waals surface area contributed by atoms with Gasteiger partial charge in [-0.15, -0.1) is 0 Å². The molecule has 1 aliphatic heterocycles. The van der Waals surface area contributed by atoms with Gasteiger partial charge < -0.3 is 15.3 Å². The maximum atomic E-state index is 11.5. The van der Waals surface area contributed by atoms with Gasteiger partial charge in [0.2, 0.25) is 5.91 Å². The molecule has 0 spiro atoms. The Morgan fingerprint density at radius 1 is 1.43 bits per heavy atom. The molecule has 112 valence electrons. The lowest BCUT2D eigenvalue weighted by Crippen LogP contribution is -2.42. The van der Waals surface area contributed by atoms with Gasteiger partial charge in [-0.3, -0.25) is 14.9 Å². The molecule has 0 bridgehead atoms. The molecule has 2 N–H and O–H groups in total. The lowest BCUT2D eigenvalue weighted by Gasteiger charge is -2.38. The smallest absolute Gasteiger partial charge is 0.292 e. The van der Waals surface area contributed by atoms with Crippen LogP contribution in [0, 0.1) is 10.1 Å². The Kier molecular flexibility index (Phi) is 3.50. The second-order valence-corrected chi connectivity index (χ2v) is 5.48. The van der Waals surface area contributed by atoms with Gasteiger partial charge in [0.05, 0.1) is 18.0 Å². The van der Waals surface area contributed by atoms with Crippen LogP contribution in [0.5, 0.6) is 0 Å². The van der Waals surface area contributed by atoms with Gasteiger partial charge in [0.15, 0.2) is 0 Å². The SMILES string of the molecule is O=C1Cc2cc([N+](=O)[O-])c(N(CCO)C3CCC3)cc2N1. The van der Waals surface area contributed by atoms with Crippen LogP contribution in [0.4, 0.5) is 17.1 Å². The number of benzene rings is 1. The molecule has 0 unspecified atom stereocenters. The quantitative estimate of drug-likeness (QED) is 0.632. The van der Waals surface area contributed by atoms with Gasteiger partial charge in [-0.2, -0.15) is 0 Å². The van der Waals surface area contributed by atoms with Crippen LogP contribution in [0.3, 0.4) is 0 Å². The average Bonchev–Trinajstić information content (AvgIpc) is 2.73. The van der Waals surface area contributed by atoms with E-state index < -0.39 is 4.92 Å². The molecule has 7 nitrogen and oxygen atoms in total. The predicted molar refractivity (Wildman–Crippen MR) is 77.5 cm³/mol. The van der Waals surface area contributed by atoms with Crippen molar-refractivity contribution in [1.82, 2.24) is 0 Å². The molecule has 1 aromatic carbocycles. The molecular weight excluding hydrogens is 274 g/mol. The van der Waals surface area contributed by atoms with Crippen molar-refractivity contribution in [2.75, 3.05) is 23.4 Å². The van der Waals surface area contributed by atoms with Crippen molar-refractivity contribution in [2.24, 2.45) is 0 Å². The average molecular weight is 291 g/mol. The zero-order chi connectivity index (χ0) is 15.0. The van der Waals surface area contributed by atoms with Crippen LogP contribution in [0.15, 0.2) is 12.1 Å². The summed E-state index contributed by atoms with van der Waals surface area (Å²) in [5.74, 6) is -0.145. The summed E-state index contributed by atoms with van der Waals surface area (Å²) < 4.78 is 0. The van der Waals surface area contributed by atoms with E-state index in [4.69, 9.17) is 0 Å². The summed E-state index contributed by atoms with van der Waals surface area (Å²) in [5.41, 5.74) is 1.79. The molecule has 1 heterocycles. The molecule has 2 aliphatic rings. The number of carbonyl (C=O) groups is 1. The minimum atomic E-state index is -0.415. The molecule has 0 saturated heterocycles. The highest BCUT2D eigenvalue weighted by molar-refractivity contribution is 6.00. The van der Waals surface area contributed by atoms with E-state index in [1.807, 2.05) is 4.90 Å². The van der Waals surface area contributed by atoms with Crippen molar-refractivity contribution in [3.8, 4) is 0 Å². The Morgan fingerprint density at radius 3 is 2.76 bits per heavy atom. The maximum Gasteiger partial charge on any atom is 0.292 e. The topological polar surface area (TPSA) is 95.7 Å². The van der Waals surface area contributed by atoms with Crippen LogP contribution in [-0.4, -0.2) is 35.1 Å². The van der Waals surface area contributed by atoms with E-state index >= 15 is 0 Å². The molecule has 3 rings (SSSR count). The number of hydrogen-bond donors (Lipinski definition) is 2. The van der Waals surface area contributed by atoms with Gasteiger partial charge in [-0.05, 0) is 30.9 Å². The number of amides is 1. The molecule has 1 fully saturated rings. The predicted octanol–water partition coefficient (Wildman–Crippen LogP) is 1.44. The Hall–Kier alpha value is -2.15. The van der Waals surface area contributed by atoms with Gasteiger partial charge in [0, 0.05) is 24.3 Å². The zero-order valence-corrected chi connectivity index (χ0v) is 11.5. The first-order chi connectivity index (χ1) is 10.1. The first-order valence-corrected chi connectivity index (χ1v) is 7.09. The summed E-state index contributed by atoms with van der Waals surface area (Å²) in [6, 6.07) is 3.38. The summed E-state index contributed by atoms with van der Waals surface area (Å²) in [6.45, 7) is 0.301. The van der Waals surface area contributed by atoms with Crippen LogP contribution in [-0.2, 0) is 11.2 Å². The second kappa shape index (κ2) is 5.33. The van der Waals surface area contributed by atoms with Crippen molar-refractivity contribution >= 4 is 23.0 Å². The van der Waals surface area contributed by atoms with E-state index in [2.05, 4.69) is 5.32 Å². The first kappa shape index (κ1) is 13.8. The minimum absolute atomic E-state index is 0.00519. The van der Waals surface area contributed by atoms with Crippen molar-refractivity contribution in [2.45, 2.75) is 31.7 Å². The number of carbonyl (C=O) groups excluding carboxylic acids is 1. The highest BCUT2D eigenvalue weighted by Gasteiger charge is 2.32. The number of nitro groups is 1. The van der Waals surface area contributed by atoms with E-state index in [0.717, 1.165) is 19.3 Å². The zero-order valence-electron chi connectivity index (χ0n) is 11.5. The number of anilines is 2. The van der Waals surface area contributed by atoms with Crippen molar-refractivity contribution in [3.63, 3.8) is 0 Å². The lowest BCUT2D eigenvalue weighted by atomic mass is 9.90. The number of aliphatic hydroxyl groups excluding tert-OH is 1.